The molecule has 3 N–H and O–H groups in total. The van der Waals surface area contributed by atoms with Gasteiger partial charge < -0.3 is 15.8 Å². The maximum atomic E-state index is 13.0. The van der Waals surface area contributed by atoms with E-state index in [9.17, 15) is 18.0 Å². The molecule has 0 atom stereocenters. The number of benzene rings is 1. The van der Waals surface area contributed by atoms with Crippen LogP contribution in [0.15, 0.2) is 42.6 Å². The molecular weight excluding hydrogens is 442 g/mol. The Kier molecular flexibility index (Phi) is 11.2. The Bertz CT molecular complexity index is 790. The van der Waals surface area contributed by atoms with Gasteiger partial charge in [0.15, 0.2) is 0 Å². The van der Waals surface area contributed by atoms with Crippen LogP contribution >= 0.6 is 24.8 Å². The van der Waals surface area contributed by atoms with Gasteiger partial charge in [-0.3, -0.25) is 4.79 Å². The Labute approximate surface area is 186 Å². The Morgan fingerprint density at radius 3 is 2.23 bits per heavy atom. The molecule has 0 aliphatic carbocycles. The fraction of sp³-hybridized carbons (Fsp3) is 0.400. The number of carbonyl (C=O) groups excluding carboxylic acids is 1. The van der Waals surface area contributed by atoms with E-state index in [4.69, 9.17) is 10.5 Å². The molecule has 0 spiro atoms. The molecule has 30 heavy (non-hydrogen) atoms. The van der Waals surface area contributed by atoms with Crippen molar-refractivity contribution in [3.05, 3.63) is 53.7 Å². The van der Waals surface area contributed by atoms with E-state index in [1.807, 2.05) is 13.8 Å². The zero-order chi connectivity index (χ0) is 20.8. The van der Waals surface area contributed by atoms with E-state index in [1.165, 1.54) is 30.5 Å². The summed E-state index contributed by atoms with van der Waals surface area (Å²) < 4.78 is 44.4. The smallest absolute Gasteiger partial charge is 0.419 e. The molecule has 0 bridgehead atoms. The van der Waals surface area contributed by atoms with Crippen LogP contribution in [0.4, 0.5) is 13.2 Å². The molecule has 168 valence electrons. The van der Waals surface area contributed by atoms with Gasteiger partial charge in [0.05, 0.1) is 11.0 Å². The first-order valence-electron chi connectivity index (χ1n) is 9.03. The number of hydrogen-bond donors (Lipinski definition) is 2. The van der Waals surface area contributed by atoms with Crippen LogP contribution in [0, 0.1) is 5.41 Å². The first-order valence-corrected chi connectivity index (χ1v) is 9.03. The van der Waals surface area contributed by atoms with Gasteiger partial charge in [0.2, 0.25) is 11.8 Å². The third kappa shape index (κ3) is 6.75. The van der Waals surface area contributed by atoms with Crippen molar-refractivity contribution < 1.29 is 22.7 Å². The molecule has 1 heterocycles. The van der Waals surface area contributed by atoms with Gasteiger partial charge in [0.1, 0.15) is 5.75 Å². The number of hydrogen-bond acceptors (Lipinski definition) is 4. The highest BCUT2D eigenvalue weighted by molar-refractivity contribution is 5.85. The molecule has 0 aliphatic rings. The summed E-state index contributed by atoms with van der Waals surface area (Å²) in [4.78, 5) is 16.5. The summed E-state index contributed by atoms with van der Waals surface area (Å²) in [7, 11) is 0. The van der Waals surface area contributed by atoms with E-state index in [0.29, 0.717) is 18.4 Å². The summed E-state index contributed by atoms with van der Waals surface area (Å²) in [5, 5.41) is 2.84. The number of nitrogens with two attached hydrogens (primary N) is 1. The number of aromatic nitrogens is 1. The lowest BCUT2D eigenvalue weighted by Crippen LogP contribution is -2.45. The van der Waals surface area contributed by atoms with E-state index in [-0.39, 0.29) is 55.4 Å². The molecule has 0 unspecified atom stereocenters. The van der Waals surface area contributed by atoms with Crippen LogP contribution in [0.5, 0.6) is 11.6 Å². The minimum absolute atomic E-state index is 0. The first-order chi connectivity index (χ1) is 13.3. The SMILES string of the molecule is CCC(CC)(CN)C(=O)NCc1ccc(Oc2ccccc2C(F)(F)F)nc1.Cl.Cl. The average molecular weight is 468 g/mol. The van der Waals surface area contributed by atoms with E-state index in [2.05, 4.69) is 10.3 Å². The van der Waals surface area contributed by atoms with Crippen molar-refractivity contribution in [2.45, 2.75) is 39.4 Å². The zero-order valence-electron chi connectivity index (χ0n) is 16.7. The number of halogens is 5. The molecule has 0 saturated heterocycles. The van der Waals surface area contributed by atoms with Crippen LogP contribution in [-0.4, -0.2) is 17.4 Å². The number of pyridine rings is 1. The molecular formula is C20H26Cl2F3N3O2. The van der Waals surface area contributed by atoms with Crippen molar-refractivity contribution in [3.8, 4) is 11.6 Å². The van der Waals surface area contributed by atoms with Crippen LogP contribution in [0.25, 0.3) is 0 Å². The molecule has 1 aromatic carbocycles. The number of ether oxygens (including phenoxy) is 1. The lowest BCUT2D eigenvalue weighted by molar-refractivity contribution is -0.138. The quantitative estimate of drug-likeness (QED) is 0.564. The van der Waals surface area contributed by atoms with E-state index in [1.54, 1.807) is 6.07 Å². The molecule has 1 aromatic heterocycles. The molecule has 0 radical (unpaired) electrons. The van der Waals surface area contributed by atoms with Gasteiger partial charge in [0, 0.05) is 25.4 Å². The lowest BCUT2D eigenvalue weighted by atomic mass is 9.81. The lowest BCUT2D eigenvalue weighted by Gasteiger charge is -2.28. The Morgan fingerprint density at radius 2 is 1.73 bits per heavy atom. The van der Waals surface area contributed by atoms with Crippen LogP contribution in [0.2, 0.25) is 0 Å². The van der Waals surface area contributed by atoms with Crippen LogP contribution < -0.4 is 15.8 Å². The molecule has 2 aromatic rings. The summed E-state index contributed by atoms with van der Waals surface area (Å²) in [5.74, 6) is -0.410. The predicted octanol–water partition coefficient (Wildman–Crippen LogP) is 5.12. The largest absolute Gasteiger partial charge is 0.438 e. The highest BCUT2D eigenvalue weighted by Gasteiger charge is 2.34. The summed E-state index contributed by atoms with van der Waals surface area (Å²) in [6.07, 6.45) is -1.80. The third-order valence-electron chi connectivity index (χ3n) is 4.88. The van der Waals surface area contributed by atoms with Gasteiger partial charge in [-0.15, -0.1) is 24.8 Å². The molecule has 2 rings (SSSR count). The molecule has 0 saturated carbocycles. The third-order valence-corrected chi connectivity index (χ3v) is 4.88. The summed E-state index contributed by atoms with van der Waals surface area (Å²) in [5.41, 5.74) is 4.99. The number of carbonyl (C=O) groups is 1. The van der Waals surface area contributed by atoms with Crippen molar-refractivity contribution >= 4 is 30.7 Å². The van der Waals surface area contributed by atoms with Gasteiger partial charge in [-0.25, -0.2) is 4.98 Å². The minimum atomic E-state index is -4.52. The number of nitrogens with one attached hydrogen (secondary N) is 1. The number of alkyl halides is 3. The van der Waals surface area contributed by atoms with Crippen LogP contribution in [0.3, 0.4) is 0 Å². The van der Waals surface area contributed by atoms with E-state index in [0.717, 1.165) is 6.07 Å². The highest BCUT2D eigenvalue weighted by Crippen LogP contribution is 2.37. The zero-order valence-corrected chi connectivity index (χ0v) is 18.3. The number of rotatable bonds is 8. The second-order valence-corrected chi connectivity index (χ2v) is 6.47. The molecule has 5 nitrogen and oxygen atoms in total. The van der Waals surface area contributed by atoms with E-state index >= 15 is 0 Å². The Morgan fingerprint density at radius 1 is 1.10 bits per heavy atom. The second kappa shape index (κ2) is 12.0. The fourth-order valence-corrected chi connectivity index (χ4v) is 2.80. The van der Waals surface area contributed by atoms with Gasteiger partial charge in [0.25, 0.3) is 0 Å². The second-order valence-electron chi connectivity index (χ2n) is 6.47. The van der Waals surface area contributed by atoms with Crippen molar-refractivity contribution in [1.29, 1.82) is 0 Å². The summed E-state index contributed by atoms with van der Waals surface area (Å²) in [6.45, 7) is 4.34. The average Bonchev–Trinajstić information content (AvgIpc) is 2.69. The van der Waals surface area contributed by atoms with Crippen molar-refractivity contribution in [2.24, 2.45) is 11.1 Å². The maximum Gasteiger partial charge on any atom is 0.419 e. The Hall–Kier alpha value is -2.03. The molecule has 0 aliphatic heterocycles. The maximum absolute atomic E-state index is 13.0. The van der Waals surface area contributed by atoms with Crippen molar-refractivity contribution in [2.75, 3.05) is 6.54 Å². The first kappa shape index (κ1) is 28.0. The minimum Gasteiger partial charge on any atom is -0.438 e. The summed E-state index contributed by atoms with van der Waals surface area (Å²) >= 11 is 0. The molecule has 0 fully saturated rings. The van der Waals surface area contributed by atoms with Crippen molar-refractivity contribution in [1.82, 2.24) is 10.3 Å². The predicted molar refractivity (Wildman–Crippen MR) is 114 cm³/mol. The Balaban J connectivity index is 0.00000420. The topological polar surface area (TPSA) is 77.2 Å². The monoisotopic (exact) mass is 467 g/mol. The normalized spacial score (nSPS) is 11.1. The van der Waals surface area contributed by atoms with Crippen LogP contribution in [-0.2, 0) is 17.5 Å². The number of nitrogens with zero attached hydrogens (tertiary/aromatic N) is 1. The van der Waals surface area contributed by atoms with Crippen LogP contribution in [0.1, 0.15) is 37.8 Å². The van der Waals surface area contributed by atoms with Gasteiger partial charge >= 0.3 is 6.18 Å². The standard InChI is InChI=1S/C20H24F3N3O2.2ClH/c1-3-19(4-2,13-24)18(27)26-12-14-9-10-17(25-11-14)28-16-8-6-5-7-15(16)20(21,22)23;;/h5-11H,3-4,12-13,24H2,1-2H3,(H,26,27);2*1H. The molecule has 1 amide bonds. The summed E-state index contributed by atoms with van der Waals surface area (Å²) in [6, 6.07) is 8.04. The fourth-order valence-electron chi connectivity index (χ4n) is 2.80. The highest BCUT2D eigenvalue weighted by atomic mass is 35.5. The van der Waals surface area contributed by atoms with E-state index < -0.39 is 17.2 Å². The van der Waals surface area contributed by atoms with Gasteiger partial charge in [-0.1, -0.05) is 32.0 Å². The van der Waals surface area contributed by atoms with Gasteiger partial charge in [-0.2, -0.15) is 13.2 Å². The molecule has 10 heteroatoms. The number of para-hydroxylation sites is 1. The van der Waals surface area contributed by atoms with Crippen molar-refractivity contribution in [3.63, 3.8) is 0 Å². The van der Waals surface area contributed by atoms with Gasteiger partial charge in [-0.05, 0) is 30.5 Å². The number of amides is 1.